The van der Waals surface area contributed by atoms with Crippen LogP contribution in [0.2, 0.25) is 0 Å². The largest absolute Gasteiger partial charge is 0.492 e. The van der Waals surface area contributed by atoms with Crippen LogP contribution in [0.5, 0.6) is 5.75 Å². The topological polar surface area (TPSA) is 21.3 Å². The molecule has 0 bridgehead atoms. The van der Waals surface area contributed by atoms with E-state index in [4.69, 9.17) is 4.74 Å². The van der Waals surface area contributed by atoms with Crippen LogP contribution >= 0.6 is 15.9 Å². The summed E-state index contributed by atoms with van der Waals surface area (Å²) in [4.78, 5) is 0. The van der Waals surface area contributed by atoms with E-state index in [9.17, 15) is 0 Å². The minimum Gasteiger partial charge on any atom is -0.492 e. The monoisotopic (exact) mass is 283 g/mol. The van der Waals surface area contributed by atoms with Crippen LogP contribution in [0.3, 0.4) is 0 Å². The van der Waals surface area contributed by atoms with Crippen molar-refractivity contribution in [1.29, 1.82) is 0 Å². The predicted octanol–water partition coefficient (Wildman–Crippen LogP) is 3.35. The maximum absolute atomic E-state index is 5.75. The predicted molar refractivity (Wildman–Crippen MR) is 69.7 cm³/mol. The van der Waals surface area contributed by atoms with Gasteiger partial charge in [-0.15, -0.1) is 0 Å². The van der Waals surface area contributed by atoms with Crippen LogP contribution in [-0.4, -0.2) is 13.2 Å². The van der Waals surface area contributed by atoms with Gasteiger partial charge in [0.1, 0.15) is 5.75 Å². The number of nitrogens with one attached hydrogen (secondary N) is 1. The lowest BCUT2D eigenvalue weighted by Crippen LogP contribution is -2.11. The van der Waals surface area contributed by atoms with E-state index in [1.54, 1.807) is 0 Å². The molecule has 0 aliphatic heterocycles. The van der Waals surface area contributed by atoms with Gasteiger partial charge >= 0.3 is 0 Å². The van der Waals surface area contributed by atoms with Crippen molar-refractivity contribution >= 4 is 15.9 Å². The summed E-state index contributed by atoms with van der Waals surface area (Å²) in [6.07, 6.45) is 2.66. The minimum absolute atomic E-state index is 0.799. The Balaban J connectivity index is 1.92. The molecule has 0 aromatic heterocycles. The zero-order chi connectivity index (χ0) is 11.4. The Bertz CT molecular complexity index is 350. The molecule has 0 spiro atoms. The number of ether oxygens (including phenoxy) is 1. The summed E-state index contributed by atoms with van der Waals surface area (Å²) in [6, 6.07) is 6.31. The van der Waals surface area contributed by atoms with Gasteiger partial charge in [-0.25, -0.2) is 0 Å². The van der Waals surface area contributed by atoms with Gasteiger partial charge in [0, 0.05) is 6.54 Å². The highest BCUT2D eigenvalue weighted by atomic mass is 79.9. The smallest absolute Gasteiger partial charge is 0.133 e. The van der Waals surface area contributed by atoms with Crippen LogP contribution in [0.25, 0.3) is 0 Å². The fourth-order valence-electron chi connectivity index (χ4n) is 1.53. The van der Waals surface area contributed by atoms with Crippen molar-refractivity contribution in [2.24, 2.45) is 5.92 Å². The molecule has 1 aliphatic carbocycles. The molecule has 1 aromatic rings. The summed E-state index contributed by atoms with van der Waals surface area (Å²) >= 11 is 3.56. The maximum atomic E-state index is 5.75. The zero-order valence-electron chi connectivity index (χ0n) is 9.63. The lowest BCUT2D eigenvalue weighted by atomic mass is 10.2. The van der Waals surface area contributed by atoms with Gasteiger partial charge < -0.3 is 10.1 Å². The molecule has 2 nitrogen and oxygen atoms in total. The fraction of sp³-hybridized carbons (Fsp3) is 0.538. The third kappa shape index (κ3) is 3.49. The second-order valence-electron chi connectivity index (χ2n) is 4.30. The Labute approximate surface area is 106 Å². The van der Waals surface area contributed by atoms with Gasteiger partial charge in [0.15, 0.2) is 0 Å². The highest BCUT2D eigenvalue weighted by Gasteiger charge is 2.22. The van der Waals surface area contributed by atoms with Crippen LogP contribution in [-0.2, 0) is 6.54 Å². The van der Waals surface area contributed by atoms with Gasteiger partial charge in [0.25, 0.3) is 0 Å². The first-order valence-corrected chi connectivity index (χ1v) is 6.71. The Morgan fingerprint density at radius 1 is 1.44 bits per heavy atom. The summed E-state index contributed by atoms with van der Waals surface area (Å²) in [5, 5.41) is 3.31. The zero-order valence-corrected chi connectivity index (χ0v) is 11.2. The van der Waals surface area contributed by atoms with Gasteiger partial charge in [-0.05, 0) is 58.9 Å². The highest BCUT2D eigenvalue weighted by molar-refractivity contribution is 9.10. The van der Waals surface area contributed by atoms with Gasteiger partial charge in [0.05, 0.1) is 11.1 Å². The molecule has 1 fully saturated rings. The van der Waals surface area contributed by atoms with E-state index >= 15 is 0 Å². The third-order valence-electron chi connectivity index (χ3n) is 2.75. The molecule has 0 radical (unpaired) electrons. The first-order valence-electron chi connectivity index (χ1n) is 5.91. The fourth-order valence-corrected chi connectivity index (χ4v) is 2.07. The molecule has 1 aromatic carbocycles. The van der Waals surface area contributed by atoms with E-state index in [-0.39, 0.29) is 0 Å². The van der Waals surface area contributed by atoms with E-state index in [0.717, 1.165) is 35.8 Å². The Morgan fingerprint density at radius 3 is 2.88 bits per heavy atom. The Morgan fingerprint density at radius 2 is 2.25 bits per heavy atom. The summed E-state index contributed by atoms with van der Waals surface area (Å²) < 4.78 is 6.81. The van der Waals surface area contributed by atoms with Crippen molar-refractivity contribution in [3.05, 3.63) is 28.2 Å². The molecule has 0 unspecified atom stereocenters. The molecule has 0 amide bonds. The molecule has 1 aliphatic rings. The maximum Gasteiger partial charge on any atom is 0.133 e. The first kappa shape index (κ1) is 11.9. The molecule has 0 heterocycles. The van der Waals surface area contributed by atoms with Crippen molar-refractivity contribution in [3.63, 3.8) is 0 Å². The van der Waals surface area contributed by atoms with E-state index in [2.05, 4.69) is 46.4 Å². The summed E-state index contributed by atoms with van der Waals surface area (Å²) in [7, 11) is 0. The third-order valence-corrected chi connectivity index (χ3v) is 3.37. The summed E-state index contributed by atoms with van der Waals surface area (Å²) in [5.74, 6) is 1.76. The quantitative estimate of drug-likeness (QED) is 0.865. The molecule has 1 N–H and O–H groups in total. The normalized spacial score (nSPS) is 15.1. The standard InChI is InChI=1S/C13H18BrNO/c1-2-15-8-11-5-6-13(12(14)7-11)16-9-10-3-4-10/h5-7,10,15H,2-4,8-9H2,1H3. The molecule has 0 atom stereocenters. The van der Waals surface area contributed by atoms with E-state index in [1.165, 1.54) is 18.4 Å². The van der Waals surface area contributed by atoms with Gasteiger partial charge in [-0.1, -0.05) is 13.0 Å². The SMILES string of the molecule is CCNCc1ccc(OCC2CC2)c(Br)c1. The van der Waals surface area contributed by atoms with Crippen LogP contribution < -0.4 is 10.1 Å². The molecule has 3 heteroatoms. The van der Waals surface area contributed by atoms with Crippen LogP contribution in [0, 0.1) is 5.92 Å². The highest BCUT2D eigenvalue weighted by Crippen LogP contribution is 2.32. The minimum atomic E-state index is 0.799. The average Bonchev–Trinajstić information content (AvgIpc) is 3.09. The molecular weight excluding hydrogens is 266 g/mol. The second-order valence-corrected chi connectivity index (χ2v) is 5.15. The Kier molecular flexibility index (Phi) is 4.24. The van der Waals surface area contributed by atoms with E-state index < -0.39 is 0 Å². The average molecular weight is 284 g/mol. The van der Waals surface area contributed by atoms with Crippen molar-refractivity contribution < 1.29 is 4.74 Å². The summed E-state index contributed by atoms with van der Waals surface area (Å²) in [5.41, 5.74) is 1.28. The first-order chi connectivity index (χ1) is 7.79. The Hall–Kier alpha value is -0.540. The lowest BCUT2D eigenvalue weighted by Gasteiger charge is -2.09. The molecule has 0 saturated heterocycles. The van der Waals surface area contributed by atoms with Crippen LogP contribution in [0.15, 0.2) is 22.7 Å². The molecule has 1 saturated carbocycles. The number of hydrogen-bond donors (Lipinski definition) is 1. The number of rotatable bonds is 6. The number of benzene rings is 1. The molecule has 2 rings (SSSR count). The van der Waals surface area contributed by atoms with Crippen molar-refractivity contribution in [1.82, 2.24) is 5.32 Å². The number of halogens is 1. The van der Waals surface area contributed by atoms with Gasteiger partial charge in [-0.2, -0.15) is 0 Å². The second kappa shape index (κ2) is 5.69. The molecule has 16 heavy (non-hydrogen) atoms. The van der Waals surface area contributed by atoms with Crippen LogP contribution in [0.1, 0.15) is 25.3 Å². The van der Waals surface area contributed by atoms with Gasteiger partial charge in [-0.3, -0.25) is 0 Å². The molecular formula is C13H18BrNO. The molecule has 88 valence electrons. The van der Waals surface area contributed by atoms with Crippen molar-refractivity contribution in [2.75, 3.05) is 13.2 Å². The van der Waals surface area contributed by atoms with Crippen molar-refractivity contribution in [2.45, 2.75) is 26.3 Å². The number of hydrogen-bond acceptors (Lipinski definition) is 2. The van der Waals surface area contributed by atoms with Crippen LogP contribution in [0.4, 0.5) is 0 Å². The summed E-state index contributed by atoms with van der Waals surface area (Å²) in [6.45, 7) is 4.89. The van der Waals surface area contributed by atoms with Gasteiger partial charge in [0.2, 0.25) is 0 Å². The lowest BCUT2D eigenvalue weighted by molar-refractivity contribution is 0.298. The van der Waals surface area contributed by atoms with E-state index in [1.807, 2.05) is 0 Å². The van der Waals surface area contributed by atoms with Crippen molar-refractivity contribution in [3.8, 4) is 5.75 Å². The van der Waals surface area contributed by atoms with E-state index in [0.29, 0.717) is 0 Å².